The van der Waals surface area contributed by atoms with Crippen molar-refractivity contribution >= 4 is 57.1 Å². The Morgan fingerprint density at radius 2 is 2.00 bits per heavy atom. The number of thioether (sulfide) groups is 1. The highest BCUT2D eigenvalue weighted by Gasteiger charge is 2.09. The van der Waals surface area contributed by atoms with Crippen LogP contribution in [0.25, 0.3) is 11.3 Å². The van der Waals surface area contributed by atoms with Crippen molar-refractivity contribution in [2.45, 2.75) is 11.3 Å². The van der Waals surface area contributed by atoms with Crippen LogP contribution >= 0.6 is 46.0 Å². The van der Waals surface area contributed by atoms with Crippen LogP contribution in [0.5, 0.6) is 0 Å². The Bertz CT molecular complexity index is 813. The highest BCUT2D eigenvalue weighted by molar-refractivity contribution is 8.01. The van der Waals surface area contributed by atoms with Gasteiger partial charge in [0.05, 0.1) is 17.1 Å². The Morgan fingerprint density at radius 3 is 2.70 bits per heavy atom. The van der Waals surface area contributed by atoms with Gasteiger partial charge in [0, 0.05) is 21.3 Å². The van der Waals surface area contributed by atoms with Gasteiger partial charge in [0.1, 0.15) is 0 Å². The molecule has 0 fully saturated rings. The van der Waals surface area contributed by atoms with E-state index in [-0.39, 0.29) is 5.91 Å². The van der Waals surface area contributed by atoms with Gasteiger partial charge in [-0.1, -0.05) is 35.5 Å². The van der Waals surface area contributed by atoms with Gasteiger partial charge in [-0.25, -0.2) is 9.97 Å². The zero-order chi connectivity index (χ0) is 16.2. The van der Waals surface area contributed by atoms with Gasteiger partial charge in [0.25, 0.3) is 0 Å². The molecule has 1 N–H and O–H groups in total. The molecule has 118 valence electrons. The number of rotatable bonds is 5. The number of thiazole rings is 2. The molecule has 23 heavy (non-hydrogen) atoms. The number of anilines is 1. The van der Waals surface area contributed by atoms with Crippen LogP contribution < -0.4 is 5.32 Å². The van der Waals surface area contributed by atoms with Crippen molar-refractivity contribution in [2.24, 2.45) is 0 Å². The van der Waals surface area contributed by atoms with E-state index in [1.54, 1.807) is 0 Å². The third kappa shape index (κ3) is 4.54. The summed E-state index contributed by atoms with van der Waals surface area (Å²) in [5.74, 6) is 0.235. The minimum absolute atomic E-state index is 0.0763. The van der Waals surface area contributed by atoms with E-state index in [0.717, 1.165) is 21.3 Å². The van der Waals surface area contributed by atoms with Gasteiger partial charge in [0.15, 0.2) is 9.47 Å². The Morgan fingerprint density at radius 1 is 1.22 bits per heavy atom. The van der Waals surface area contributed by atoms with E-state index in [0.29, 0.717) is 15.9 Å². The number of aromatic nitrogens is 2. The molecule has 3 rings (SSSR count). The number of amides is 1. The number of hydrogen-bond acceptors (Lipinski definition) is 6. The maximum atomic E-state index is 11.9. The number of halogens is 1. The van der Waals surface area contributed by atoms with E-state index < -0.39 is 0 Å². The molecule has 0 saturated carbocycles. The lowest BCUT2D eigenvalue weighted by atomic mass is 10.2. The Kier molecular flexibility index (Phi) is 5.32. The number of benzene rings is 1. The van der Waals surface area contributed by atoms with Gasteiger partial charge in [0.2, 0.25) is 5.91 Å². The monoisotopic (exact) mass is 381 g/mol. The fourth-order valence-corrected chi connectivity index (χ4v) is 4.24. The summed E-state index contributed by atoms with van der Waals surface area (Å²) in [4.78, 5) is 20.7. The summed E-state index contributed by atoms with van der Waals surface area (Å²) in [7, 11) is 0. The summed E-state index contributed by atoms with van der Waals surface area (Å²) in [5, 5.41) is 8.01. The molecular weight excluding hydrogens is 370 g/mol. The Hall–Kier alpha value is -1.41. The third-order valence-corrected chi connectivity index (χ3v) is 5.96. The molecular formula is C15H12ClN3OS3. The second-order valence-electron chi connectivity index (χ2n) is 4.64. The van der Waals surface area contributed by atoms with Crippen LogP contribution in [0.1, 0.15) is 5.69 Å². The molecule has 0 unspecified atom stereocenters. The zero-order valence-corrected chi connectivity index (χ0v) is 15.3. The Balaban J connectivity index is 1.56. The summed E-state index contributed by atoms with van der Waals surface area (Å²) in [6, 6.07) is 7.55. The van der Waals surface area contributed by atoms with E-state index in [4.69, 9.17) is 11.6 Å². The van der Waals surface area contributed by atoms with Crippen molar-refractivity contribution in [3.8, 4) is 11.3 Å². The molecule has 4 nitrogen and oxygen atoms in total. The van der Waals surface area contributed by atoms with E-state index in [2.05, 4.69) is 15.3 Å². The summed E-state index contributed by atoms with van der Waals surface area (Å²) in [6.07, 6.45) is 0. The van der Waals surface area contributed by atoms with Crippen molar-refractivity contribution in [1.82, 2.24) is 9.97 Å². The van der Waals surface area contributed by atoms with E-state index >= 15 is 0 Å². The Labute approximate surface area is 150 Å². The van der Waals surface area contributed by atoms with Crippen molar-refractivity contribution in [2.75, 3.05) is 11.1 Å². The standard InChI is InChI=1S/C15H12ClN3OS3/c1-9-6-21-14(17-9)19-13(20)8-23-15-18-12(7-22-15)10-2-4-11(16)5-3-10/h2-7H,8H2,1H3,(H,17,19,20). The van der Waals surface area contributed by atoms with E-state index in [1.807, 2.05) is 41.9 Å². The lowest BCUT2D eigenvalue weighted by molar-refractivity contribution is -0.113. The third-order valence-electron chi connectivity index (χ3n) is 2.82. The first kappa shape index (κ1) is 16.4. The molecule has 2 aromatic heterocycles. The van der Waals surface area contributed by atoms with Crippen LogP contribution in [0.2, 0.25) is 5.02 Å². The minimum Gasteiger partial charge on any atom is -0.301 e. The van der Waals surface area contributed by atoms with Crippen LogP contribution in [-0.4, -0.2) is 21.6 Å². The fourth-order valence-electron chi connectivity index (χ4n) is 1.77. The SMILES string of the molecule is Cc1csc(NC(=O)CSc2nc(-c3ccc(Cl)cc3)cs2)n1. The quantitative estimate of drug-likeness (QED) is 0.634. The highest BCUT2D eigenvalue weighted by atomic mass is 35.5. The van der Waals surface area contributed by atoms with Crippen LogP contribution in [0.4, 0.5) is 5.13 Å². The number of hydrogen-bond donors (Lipinski definition) is 1. The van der Waals surface area contributed by atoms with Gasteiger partial charge in [-0.05, 0) is 19.1 Å². The maximum Gasteiger partial charge on any atom is 0.236 e. The summed E-state index contributed by atoms with van der Waals surface area (Å²) >= 11 is 10.3. The predicted octanol–water partition coefficient (Wildman–Crippen LogP) is 4.96. The average Bonchev–Trinajstić information content (AvgIpc) is 3.15. The normalized spacial score (nSPS) is 10.7. The molecule has 0 atom stereocenters. The first-order chi connectivity index (χ1) is 11.1. The summed E-state index contributed by atoms with van der Waals surface area (Å²) in [5.41, 5.74) is 2.82. The fraction of sp³-hybridized carbons (Fsp3) is 0.133. The summed E-state index contributed by atoms with van der Waals surface area (Å²) in [6.45, 7) is 1.90. The number of carbonyl (C=O) groups is 1. The molecule has 1 aromatic carbocycles. The molecule has 0 spiro atoms. The van der Waals surface area contributed by atoms with Gasteiger partial charge in [-0.15, -0.1) is 22.7 Å². The van der Waals surface area contributed by atoms with Crippen molar-refractivity contribution in [1.29, 1.82) is 0 Å². The highest BCUT2D eigenvalue weighted by Crippen LogP contribution is 2.29. The zero-order valence-electron chi connectivity index (χ0n) is 12.1. The molecule has 0 bridgehead atoms. The molecule has 3 aromatic rings. The van der Waals surface area contributed by atoms with Gasteiger partial charge >= 0.3 is 0 Å². The molecule has 0 radical (unpaired) electrons. The first-order valence-corrected chi connectivity index (χ1v) is 9.79. The largest absolute Gasteiger partial charge is 0.301 e. The number of nitrogens with one attached hydrogen (secondary N) is 1. The molecule has 8 heteroatoms. The predicted molar refractivity (Wildman–Crippen MR) is 98.8 cm³/mol. The average molecular weight is 382 g/mol. The van der Waals surface area contributed by atoms with Crippen LogP contribution in [0.15, 0.2) is 39.4 Å². The smallest absolute Gasteiger partial charge is 0.236 e. The molecule has 0 aliphatic carbocycles. The van der Waals surface area contributed by atoms with Crippen LogP contribution in [-0.2, 0) is 4.79 Å². The minimum atomic E-state index is -0.0763. The summed E-state index contributed by atoms with van der Waals surface area (Å²) < 4.78 is 0.861. The van der Waals surface area contributed by atoms with Crippen molar-refractivity contribution in [3.63, 3.8) is 0 Å². The number of nitrogens with zero attached hydrogens (tertiary/aromatic N) is 2. The van der Waals surface area contributed by atoms with E-state index in [9.17, 15) is 4.79 Å². The van der Waals surface area contributed by atoms with Crippen LogP contribution in [0, 0.1) is 6.92 Å². The van der Waals surface area contributed by atoms with Gasteiger partial charge in [-0.2, -0.15) is 0 Å². The van der Waals surface area contributed by atoms with Gasteiger partial charge in [-0.3, -0.25) is 4.79 Å². The number of carbonyl (C=O) groups excluding carboxylic acids is 1. The van der Waals surface area contributed by atoms with Crippen molar-refractivity contribution in [3.05, 3.63) is 45.7 Å². The van der Waals surface area contributed by atoms with Gasteiger partial charge < -0.3 is 5.32 Å². The lowest BCUT2D eigenvalue weighted by Gasteiger charge is -1.99. The topological polar surface area (TPSA) is 54.9 Å². The lowest BCUT2D eigenvalue weighted by Crippen LogP contribution is -2.13. The maximum absolute atomic E-state index is 11.9. The molecule has 2 heterocycles. The molecule has 0 aliphatic heterocycles. The molecule has 0 saturated heterocycles. The molecule has 0 aliphatic rings. The first-order valence-electron chi connectivity index (χ1n) is 6.66. The number of aryl methyl sites for hydroxylation is 1. The van der Waals surface area contributed by atoms with Crippen molar-refractivity contribution < 1.29 is 4.79 Å². The molecule has 1 amide bonds. The second-order valence-corrected chi connectivity index (χ2v) is 8.01. The van der Waals surface area contributed by atoms with E-state index in [1.165, 1.54) is 34.4 Å². The second kappa shape index (κ2) is 7.44. The van der Waals surface area contributed by atoms with Crippen LogP contribution in [0.3, 0.4) is 0 Å².